The fourth-order valence-corrected chi connectivity index (χ4v) is 4.25. The number of benzene rings is 2. The van der Waals surface area contributed by atoms with Crippen molar-refractivity contribution in [2.75, 3.05) is 44.3 Å². The molecule has 2 aromatic carbocycles. The molecule has 2 heterocycles. The Balaban J connectivity index is 1.67. The van der Waals surface area contributed by atoms with Crippen LogP contribution in [0.3, 0.4) is 0 Å². The van der Waals surface area contributed by atoms with Crippen LogP contribution in [0.15, 0.2) is 48.5 Å². The number of likely N-dealkylation sites (tertiary alicyclic amines) is 1. The number of hydrogen-bond acceptors (Lipinski definition) is 6. The molecule has 0 aromatic heterocycles. The molecule has 30 heavy (non-hydrogen) atoms. The lowest BCUT2D eigenvalue weighted by Gasteiger charge is -2.38. The number of rotatable bonds is 8. The molecule has 0 radical (unpaired) electrons. The van der Waals surface area contributed by atoms with E-state index in [1.165, 1.54) is 0 Å². The van der Waals surface area contributed by atoms with E-state index in [-0.39, 0.29) is 12.6 Å². The number of ether oxygens (including phenoxy) is 2. The minimum absolute atomic E-state index is 0.0319. The van der Waals surface area contributed by atoms with Crippen LogP contribution in [-0.2, 0) is 4.79 Å². The fourth-order valence-electron chi connectivity index (χ4n) is 4.25. The van der Waals surface area contributed by atoms with Gasteiger partial charge in [-0.15, -0.1) is 0 Å². The second-order valence-electron chi connectivity index (χ2n) is 7.85. The minimum atomic E-state index is -0.832. The number of primary amides is 1. The predicted molar refractivity (Wildman–Crippen MR) is 115 cm³/mol. The number of carbonyl (C=O) groups excluding carboxylic acids is 1. The average molecular weight is 412 g/mol. The molecule has 1 saturated heterocycles. The molecular formula is C23H29N3O4. The third-order valence-corrected chi connectivity index (χ3v) is 5.73. The van der Waals surface area contributed by atoms with E-state index < -0.39 is 12.0 Å². The topological polar surface area (TPSA) is 88.3 Å². The van der Waals surface area contributed by atoms with Crippen molar-refractivity contribution in [3.8, 4) is 11.5 Å². The van der Waals surface area contributed by atoms with Gasteiger partial charge in [-0.05, 0) is 55.8 Å². The highest BCUT2D eigenvalue weighted by molar-refractivity contribution is 5.79. The molecule has 2 aliphatic rings. The number of hydrogen-bond donors (Lipinski definition) is 2. The van der Waals surface area contributed by atoms with Crippen molar-refractivity contribution in [1.82, 2.24) is 4.90 Å². The highest BCUT2D eigenvalue weighted by atomic mass is 16.6. The summed E-state index contributed by atoms with van der Waals surface area (Å²) in [5.41, 5.74) is 7.18. The van der Waals surface area contributed by atoms with Crippen LogP contribution in [0.25, 0.3) is 0 Å². The first-order valence-electron chi connectivity index (χ1n) is 10.5. The van der Waals surface area contributed by atoms with E-state index >= 15 is 0 Å². The van der Waals surface area contributed by atoms with Gasteiger partial charge in [-0.1, -0.05) is 24.3 Å². The fraction of sp³-hybridized carbons (Fsp3) is 0.435. The Morgan fingerprint density at radius 3 is 2.47 bits per heavy atom. The largest absolute Gasteiger partial charge is 0.486 e. The Morgan fingerprint density at radius 2 is 1.77 bits per heavy atom. The van der Waals surface area contributed by atoms with Crippen LogP contribution in [0.5, 0.6) is 11.5 Å². The molecule has 0 spiro atoms. The molecule has 0 aliphatic carbocycles. The first kappa shape index (κ1) is 20.5. The minimum Gasteiger partial charge on any atom is -0.486 e. The zero-order chi connectivity index (χ0) is 20.9. The van der Waals surface area contributed by atoms with Crippen LogP contribution < -0.4 is 20.1 Å². The van der Waals surface area contributed by atoms with Crippen LogP contribution in [0.2, 0.25) is 0 Å². The lowest BCUT2D eigenvalue weighted by molar-refractivity contribution is -0.116. The van der Waals surface area contributed by atoms with Crippen LogP contribution in [0.4, 0.5) is 5.69 Å². The monoisotopic (exact) mass is 411 g/mol. The van der Waals surface area contributed by atoms with Gasteiger partial charge in [0, 0.05) is 12.2 Å². The van der Waals surface area contributed by atoms with Crippen molar-refractivity contribution >= 4 is 11.6 Å². The molecule has 0 saturated carbocycles. The van der Waals surface area contributed by atoms with E-state index in [0.29, 0.717) is 31.3 Å². The van der Waals surface area contributed by atoms with E-state index in [2.05, 4.69) is 4.90 Å². The first-order valence-corrected chi connectivity index (χ1v) is 10.5. The van der Waals surface area contributed by atoms with Crippen molar-refractivity contribution in [3.05, 3.63) is 54.1 Å². The summed E-state index contributed by atoms with van der Waals surface area (Å²) in [4.78, 5) is 16.2. The second-order valence-corrected chi connectivity index (χ2v) is 7.85. The number of nitrogens with zero attached hydrogens (tertiary/aromatic N) is 2. The number of aliphatic hydroxyl groups excluding tert-OH is 1. The van der Waals surface area contributed by atoms with Gasteiger partial charge >= 0.3 is 0 Å². The van der Waals surface area contributed by atoms with Crippen molar-refractivity contribution in [3.63, 3.8) is 0 Å². The number of nitrogens with two attached hydrogens (primary N) is 1. The van der Waals surface area contributed by atoms with Gasteiger partial charge in [0.25, 0.3) is 0 Å². The third kappa shape index (κ3) is 4.68. The molecular weight excluding hydrogens is 382 g/mol. The Labute approximate surface area is 177 Å². The van der Waals surface area contributed by atoms with Gasteiger partial charge in [-0.3, -0.25) is 4.79 Å². The maximum absolute atomic E-state index is 11.9. The normalized spacial score (nSPS) is 18.0. The number of amides is 1. The SMILES string of the molecule is NC(=O)CN(c1ccccc1)[C@H](CN1CCCC1)[C@H](O)c1ccc2c(c1)OCCO2. The molecule has 2 aromatic rings. The van der Waals surface area contributed by atoms with Crippen molar-refractivity contribution < 1.29 is 19.4 Å². The summed E-state index contributed by atoms with van der Waals surface area (Å²) in [5.74, 6) is 0.892. The van der Waals surface area contributed by atoms with E-state index in [1.54, 1.807) is 0 Å². The predicted octanol–water partition coefficient (Wildman–Crippen LogP) is 1.95. The first-order chi connectivity index (χ1) is 14.6. The highest BCUT2D eigenvalue weighted by Gasteiger charge is 2.32. The van der Waals surface area contributed by atoms with E-state index in [4.69, 9.17) is 15.2 Å². The maximum atomic E-state index is 11.9. The van der Waals surface area contributed by atoms with E-state index in [1.807, 2.05) is 53.4 Å². The summed E-state index contributed by atoms with van der Waals surface area (Å²) < 4.78 is 11.3. The number of anilines is 1. The van der Waals surface area contributed by atoms with Crippen LogP contribution in [0, 0.1) is 0 Å². The Kier molecular flexibility index (Phi) is 6.40. The Hall–Kier alpha value is -2.77. The number of aliphatic hydroxyl groups is 1. The van der Waals surface area contributed by atoms with E-state index in [9.17, 15) is 9.90 Å². The van der Waals surface area contributed by atoms with Gasteiger partial charge < -0.3 is 30.1 Å². The quantitative estimate of drug-likeness (QED) is 0.690. The van der Waals surface area contributed by atoms with Crippen molar-refractivity contribution in [2.45, 2.75) is 25.0 Å². The van der Waals surface area contributed by atoms with Crippen molar-refractivity contribution in [1.29, 1.82) is 0 Å². The van der Waals surface area contributed by atoms with Crippen LogP contribution in [-0.4, -0.2) is 61.3 Å². The van der Waals surface area contributed by atoms with Gasteiger partial charge in [0.05, 0.1) is 12.6 Å². The lowest BCUT2D eigenvalue weighted by Crippen LogP contribution is -2.50. The smallest absolute Gasteiger partial charge is 0.236 e. The van der Waals surface area contributed by atoms with E-state index in [0.717, 1.165) is 37.2 Å². The van der Waals surface area contributed by atoms with Gasteiger partial charge in [0.1, 0.15) is 19.3 Å². The average Bonchev–Trinajstić information content (AvgIpc) is 3.29. The lowest BCUT2D eigenvalue weighted by atomic mass is 9.98. The molecule has 4 rings (SSSR count). The summed E-state index contributed by atoms with van der Waals surface area (Å²) >= 11 is 0. The zero-order valence-electron chi connectivity index (χ0n) is 17.1. The van der Waals surface area contributed by atoms with Crippen LogP contribution >= 0.6 is 0 Å². The molecule has 1 fully saturated rings. The third-order valence-electron chi connectivity index (χ3n) is 5.73. The number of para-hydroxylation sites is 1. The highest BCUT2D eigenvalue weighted by Crippen LogP contribution is 2.35. The summed E-state index contributed by atoms with van der Waals surface area (Å²) in [6, 6.07) is 14.8. The number of fused-ring (bicyclic) bond motifs is 1. The van der Waals surface area contributed by atoms with Gasteiger partial charge in [0.2, 0.25) is 5.91 Å². The molecule has 7 nitrogen and oxygen atoms in total. The molecule has 7 heteroatoms. The molecule has 2 aliphatic heterocycles. The zero-order valence-corrected chi connectivity index (χ0v) is 17.1. The summed E-state index contributed by atoms with van der Waals surface area (Å²) in [6.07, 6.45) is 1.46. The molecule has 3 N–H and O–H groups in total. The molecule has 2 atom stereocenters. The summed E-state index contributed by atoms with van der Waals surface area (Å²) in [6.45, 7) is 3.66. The molecule has 1 amide bonds. The summed E-state index contributed by atoms with van der Waals surface area (Å²) in [5, 5.41) is 11.5. The standard InChI is InChI=1S/C23H29N3O4/c24-22(27)16-26(18-6-2-1-3-7-18)19(15-25-10-4-5-11-25)23(28)17-8-9-20-21(14-17)30-13-12-29-20/h1-3,6-9,14,19,23,28H,4-5,10-13,15-16H2,(H2,24,27)/t19-,23-/m1/s1. The van der Waals surface area contributed by atoms with Gasteiger partial charge in [0.15, 0.2) is 11.5 Å². The Bertz CT molecular complexity index is 855. The molecule has 0 unspecified atom stereocenters. The Morgan fingerprint density at radius 1 is 1.07 bits per heavy atom. The molecule has 160 valence electrons. The van der Waals surface area contributed by atoms with Gasteiger partial charge in [-0.2, -0.15) is 0 Å². The van der Waals surface area contributed by atoms with Gasteiger partial charge in [-0.25, -0.2) is 0 Å². The second kappa shape index (κ2) is 9.36. The summed E-state index contributed by atoms with van der Waals surface area (Å²) in [7, 11) is 0. The molecule has 0 bridgehead atoms. The van der Waals surface area contributed by atoms with Crippen LogP contribution in [0.1, 0.15) is 24.5 Å². The van der Waals surface area contributed by atoms with Crippen molar-refractivity contribution in [2.24, 2.45) is 5.73 Å². The maximum Gasteiger partial charge on any atom is 0.236 e. The number of carbonyl (C=O) groups is 1.